The standard InChI is InChI=1S/C22H22N2O2/c1-14-7-5-10-20(11-14)24-15(2)12-21(16(24)3)22(26)23-19-9-6-8-18(13-19)17(4)25/h5-13H,1-4H3,(H,23,26). The Kier molecular flexibility index (Phi) is 4.76. The number of Topliss-reactive ketones (excluding diaryl/α,β-unsaturated/α-hetero) is 1. The van der Waals surface area contributed by atoms with Crippen molar-refractivity contribution in [2.24, 2.45) is 0 Å². The van der Waals surface area contributed by atoms with E-state index in [9.17, 15) is 9.59 Å². The van der Waals surface area contributed by atoms with Gasteiger partial charge in [-0.15, -0.1) is 0 Å². The Bertz CT molecular complexity index is 999. The van der Waals surface area contributed by atoms with Crippen LogP contribution < -0.4 is 5.32 Å². The summed E-state index contributed by atoms with van der Waals surface area (Å²) in [7, 11) is 0. The summed E-state index contributed by atoms with van der Waals surface area (Å²) >= 11 is 0. The molecule has 0 fully saturated rings. The molecule has 0 bridgehead atoms. The van der Waals surface area contributed by atoms with E-state index in [1.54, 1.807) is 24.3 Å². The number of carbonyl (C=O) groups excluding carboxylic acids is 2. The van der Waals surface area contributed by atoms with E-state index in [0.717, 1.165) is 17.1 Å². The van der Waals surface area contributed by atoms with E-state index in [1.807, 2.05) is 45.0 Å². The molecule has 1 aromatic heterocycles. The first kappa shape index (κ1) is 17.7. The monoisotopic (exact) mass is 346 g/mol. The molecule has 0 spiro atoms. The summed E-state index contributed by atoms with van der Waals surface area (Å²) in [4.78, 5) is 24.3. The van der Waals surface area contributed by atoms with E-state index >= 15 is 0 Å². The number of ketones is 1. The summed E-state index contributed by atoms with van der Waals surface area (Å²) in [5.41, 5.74) is 5.90. The molecule has 4 nitrogen and oxygen atoms in total. The highest BCUT2D eigenvalue weighted by Crippen LogP contribution is 2.23. The second kappa shape index (κ2) is 7.00. The van der Waals surface area contributed by atoms with E-state index in [1.165, 1.54) is 12.5 Å². The molecule has 3 aromatic rings. The molecule has 1 amide bonds. The lowest BCUT2D eigenvalue weighted by Gasteiger charge is -2.11. The SMILES string of the molecule is CC(=O)c1cccc(NC(=O)c2cc(C)n(-c3cccc(C)c3)c2C)c1. The highest BCUT2D eigenvalue weighted by Gasteiger charge is 2.17. The molecule has 2 aromatic carbocycles. The van der Waals surface area contributed by atoms with Gasteiger partial charge in [-0.25, -0.2) is 0 Å². The normalized spacial score (nSPS) is 10.6. The van der Waals surface area contributed by atoms with Crippen LogP contribution in [-0.4, -0.2) is 16.3 Å². The molecule has 0 aliphatic heterocycles. The number of nitrogens with one attached hydrogen (secondary N) is 1. The summed E-state index contributed by atoms with van der Waals surface area (Å²) in [5.74, 6) is -0.212. The number of carbonyl (C=O) groups is 2. The minimum atomic E-state index is -0.183. The predicted molar refractivity (Wildman–Crippen MR) is 104 cm³/mol. The fourth-order valence-corrected chi connectivity index (χ4v) is 3.17. The largest absolute Gasteiger partial charge is 0.322 e. The fraction of sp³-hybridized carbons (Fsp3) is 0.182. The van der Waals surface area contributed by atoms with Gasteiger partial charge in [0.25, 0.3) is 5.91 Å². The molecule has 4 heteroatoms. The van der Waals surface area contributed by atoms with E-state index in [4.69, 9.17) is 0 Å². The minimum Gasteiger partial charge on any atom is -0.322 e. The first-order valence-corrected chi connectivity index (χ1v) is 8.55. The van der Waals surface area contributed by atoms with Crippen LogP contribution in [0.2, 0.25) is 0 Å². The maximum Gasteiger partial charge on any atom is 0.257 e. The van der Waals surface area contributed by atoms with Crippen LogP contribution in [0.1, 0.15) is 44.6 Å². The molecule has 0 saturated heterocycles. The zero-order valence-electron chi connectivity index (χ0n) is 15.5. The van der Waals surface area contributed by atoms with Crippen molar-refractivity contribution in [3.63, 3.8) is 0 Å². The molecule has 1 N–H and O–H groups in total. The number of hydrogen-bond donors (Lipinski definition) is 1. The third-order valence-corrected chi connectivity index (χ3v) is 4.46. The predicted octanol–water partition coefficient (Wildman–Crippen LogP) is 4.86. The molecule has 0 aliphatic rings. The molecule has 1 heterocycles. The summed E-state index contributed by atoms with van der Waals surface area (Å²) in [6, 6.07) is 17.1. The Morgan fingerprint density at radius 3 is 2.35 bits per heavy atom. The van der Waals surface area contributed by atoms with Crippen LogP contribution in [0.3, 0.4) is 0 Å². The van der Waals surface area contributed by atoms with Crippen molar-refractivity contribution in [3.8, 4) is 5.69 Å². The Morgan fingerprint density at radius 1 is 0.923 bits per heavy atom. The highest BCUT2D eigenvalue weighted by atomic mass is 16.1. The third-order valence-electron chi connectivity index (χ3n) is 4.46. The number of aryl methyl sites for hydroxylation is 2. The first-order chi connectivity index (χ1) is 12.4. The number of hydrogen-bond acceptors (Lipinski definition) is 2. The average molecular weight is 346 g/mol. The summed E-state index contributed by atoms with van der Waals surface area (Å²) < 4.78 is 2.08. The Hall–Kier alpha value is -3.14. The van der Waals surface area contributed by atoms with Gasteiger partial charge in [0.15, 0.2) is 5.78 Å². The van der Waals surface area contributed by atoms with E-state index < -0.39 is 0 Å². The number of aromatic nitrogens is 1. The van der Waals surface area contributed by atoms with Gasteiger partial charge in [-0.2, -0.15) is 0 Å². The molecule has 26 heavy (non-hydrogen) atoms. The minimum absolute atomic E-state index is 0.0290. The van der Waals surface area contributed by atoms with E-state index in [-0.39, 0.29) is 11.7 Å². The van der Waals surface area contributed by atoms with Crippen LogP contribution in [0.5, 0.6) is 0 Å². The zero-order chi connectivity index (χ0) is 18.8. The van der Waals surface area contributed by atoms with Crippen LogP contribution in [-0.2, 0) is 0 Å². The smallest absolute Gasteiger partial charge is 0.257 e. The Balaban J connectivity index is 1.93. The van der Waals surface area contributed by atoms with E-state index in [2.05, 4.69) is 16.0 Å². The van der Waals surface area contributed by atoms with Crippen molar-refractivity contribution in [3.05, 3.63) is 82.7 Å². The van der Waals surface area contributed by atoms with Gasteiger partial charge in [-0.1, -0.05) is 24.3 Å². The fourth-order valence-electron chi connectivity index (χ4n) is 3.17. The van der Waals surface area contributed by atoms with Crippen molar-refractivity contribution < 1.29 is 9.59 Å². The lowest BCUT2D eigenvalue weighted by Crippen LogP contribution is -2.13. The number of anilines is 1. The van der Waals surface area contributed by atoms with Crippen molar-refractivity contribution in [2.45, 2.75) is 27.7 Å². The zero-order valence-corrected chi connectivity index (χ0v) is 15.5. The van der Waals surface area contributed by atoms with Gasteiger partial charge in [-0.05, 0) is 63.6 Å². The lowest BCUT2D eigenvalue weighted by atomic mass is 10.1. The van der Waals surface area contributed by atoms with Crippen LogP contribution >= 0.6 is 0 Å². The third kappa shape index (κ3) is 3.45. The molecule has 0 unspecified atom stereocenters. The first-order valence-electron chi connectivity index (χ1n) is 8.55. The van der Waals surface area contributed by atoms with Crippen LogP contribution in [0.4, 0.5) is 5.69 Å². The van der Waals surface area contributed by atoms with Crippen molar-refractivity contribution >= 4 is 17.4 Å². The van der Waals surface area contributed by atoms with Crippen LogP contribution in [0.15, 0.2) is 54.6 Å². The molecule has 0 radical (unpaired) electrons. The highest BCUT2D eigenvalue weighted by molar-refractivity contribution is 6.06. The molecular weight excluding hydrogens is 324 g/mol. The molecular formula is C22H22N2O2. The van der Waals surface area contributed by atoms with Gasteiger partial charge in [-0.3, -0.25) is 9.59 Å². The van der Waals surface area contributed by atoms with Crippen LogP contribution in [0.25, 0.3) is 5.69 Å². The summed E-state index contributed by atoms with van der Waals surface area (Å²) in [6.45, 7) is 7.49. The summed E-state index contributed by atoms with van der Waals surface area (Å²) in [5, 5.41) is 2.89. The van der Waals surface area contributed by atoms with Crippen LogP contribution in [0, 0.1) is 20.8 Å². The van der Waals surface area contributed by atoms with Gasteiger partial charge in [0, 0.05) is 28.3 Å². The van der Waals surface area contributed by atoms with Gasteiger partial charge < -0.3 is 9.88 Å². The van der Waals surface area contributed by atoms with Crippen molar-refractivity contribution in [2.75, 3.05) is 5.32 Å². The van der Waals surface area contributed by atoms with E-state index in [0.29, 0.717) is 16.8 Å². The number of rotatable bonds is 4. The summed E-state index contributed by atoms with van der Waals surface area (Å²) in [6.07, 6.45) is 0. The second-order valence-corrected chi connectivity index (χ2v) is 6.55. The van der Waals surface area contributed by atoms with Gasteiger partial charge in [0.2, 0.25) is 0 Å². The lowest BCUT2D eigenvalue weighted by molar-refractivity contribution is 0.101. The van der Waals surface area contributed by atoms with Crippen molar-refractivity contribution in [1.29, 1.82) is 0 Å². The van der Waals surface area contributed by atoms with Crippen molar-refractivity contribution in [1.82, 2.24) is 4.57 Å². The number of nitrogens with zero attached hydrogens (tertiary/aromatic N) is 1. The van der Waals surface area contributed by atoms with Gasteiger partial charge >= 0.3 is 0 Å². The average Bonchev–Trinajstić information content (AvgIpc) is 2.89. The molecule has 0 saturated carbocycles. The molecule has 132 valence electrons. The number of benzene rings is 2. The Labute approximate surface area is 153 Å². The molecule has 3 rings (SSSR count). The van der Waals surface area contributed by atoms with Gasteiger partial charge in [0.05, 0.1) is 5.56 Å². The number of amides is 1. The molecule has 0 atom stereocenters. The topological polar surface area (TPSA) is 51.1 Å². The Morgan fingerprint density at radius 2 is 1.65 bits per heavy atom. The second-order valence-electron chi connectivity index (χ2n) is 6.55. The molecule has 0 aliphatic carbocycles. The maximum absolute atomic E-state index is 12.8. The maximum atomic E-state index is 12.8. The van der Waals surface area contributed by atoms with Gasteiger partial charge in [0.1, 0.15) is 0 Å². The quantitative estimate of drug-likeness (QED) is 0.686.